The van der Waals surface area contributed by atoms with Gasteiger partial charge >= 0.3 is 0 Å². The first kappa shape index (κ1) is 13.6. The number of benzene rings is 1. The van der Waals surface area contributed by atoms with Crippen molar-refractivity contribution in [1.82, 2.24) is 0 Å². The second kappa shape index (κ2) is 4.40. The van der Waals surface area contributed by atoms with Crippen molar-refractivity contribution in [3.05, 3.63) is 35.4 Å². The Morgan fingerprint density at radius 2 is 1.61 bits per heavy atom. The SMILES string of the molecule is CC(C)(C)CC1Cc2ccccc2C1C(C)(C)C. The van der Waals surface area contributed by atoms with Crippen LogP contribution in [-0.4, -0.2) is 0 Å². The van der Waals surface area contributed by atoms with Gasteiger partial charge in [-0.05, 0) is 46.6 Å². The largest absolute Gasteiger partial charge is 0.0620 e. The maximum absolute atomic E-state index is 2.40. The van der Waals surface area contributed by atoms with Crippen LogP contribution in [0, 0.1) is 16.7 Å². The van der Waals surface area contributed by atoms with Crippen LogP contribution in [0.5, 0.6) is 0 Å². The fourth-order valence-corrected chi connectivity index (χ4v) is 3.83. The average Bonchev–Trinajstić information content (AvgIpc) is 2.50. The summed E-state index contributed by atoms with van der Waals surface area (Å²) in [5.74, 6) is 1.52. The molecule has 1 aliphatic rings. The molecule has 0 bridgehead atoms. The minimum Gasteiger partial charge on any atom is -0.0620 e. The fourth-order valence-electron chi connectivity index (χ4n) is 3.83. The topological polar surface area (TPSA) is 0 Å². The molecule has 1 aromatic carbocycles. The minimum absolute atomic E-state index is 0.364. The Labute approximate surface area is 113 Å². The Morgan fingerprint density at radius 3 is 2.17 bits per heavy atom. The van der Waals surface area contributed by atoms with Crippen molar-refractivity contribution in [3.63, 3.8) is 0 Å². The monoisotopic (exact) mass is 244 g/mol. The number of rotatable bonds is 1. The highest BCUT2D eigenvalue weighted by Gasteiger charge is 2.40. The molecule has 2 unspecified atom stereocenters. The van der Waals surface area contributed by atoms with Crippen molar-refractivity contribution in [3.8, 4) is 0 Å². The summed E-state index contributed by atoms with van der Waals surface area (Å²) in [4.78, 5) is 0. The highest BCUT2D eigenvalue weighted by molar-refractivity contribution is 5.37. The van der Waals surface area contributed by atoms with Crippen molar-refractivity contribution >= 4 is 0 Å². The third-order valence-corrected chi connectivity index (χ3v) is 4.15. The van der Waals surface area contributed by atoms with Gasteiger partial charge < -0.3 is 0 Å². The summed E-state index contributed by atoms with van der Waals surface area (Å²) in [5.41, 5.74) is 3.99. The van der Waals surface area contributed by atoms with Gasteiger partial charge in [0.1, 0.15) is 0 Å². The van der Waals surface area contributed by atoms with E-state index in [-0.39, 0.29) is 0 Å². The van der Waals surface area contributed by atoms with Crippen molar-refractivity contribution in [2.24, 2.45) is 16.7 Å². The molecule has 0 N–H and O–H groups in total. The Kier molecular flexibility index (Phi) is 3.34. The zero-order valence-corrected chi connectivity index (χ0v) is 12.9. The fraction of sp³-hybridized carbons (Fsp3) is 0.667. The summed E-state index contributed by atoms with van der Waals surface area (Å²) >= 11 is 0. The van der Waals surface area contributed by atoms with Gasteiger partial charge in [-0.15, -0.1) is 0 Å². The van der Waals surface area contributed by atoms with E-state index in [0.29, 0.717) is 16.7 Å². The highest BCUT2D eigenvalue weighted by atomic mass is 14.4. The van der Waals surface area contributed by atoms with Crippen LogP contribution < -0.4 is 0 Å². The lowest BCUT2D eigenvalue weighted by Crippen LogP contribution is -2.26. The summed E-state index contributed by atoms with van der Waals surface area (Å²) in [6.07, 6.45) is 2.60. The Morgan fingerprint density at radius 1 is 1.00 bits per heavy atom. The van der Waals surface area contributed by atoms with Crippen molar-refractivity contribution < 1.29 is 0 Å². The maximum Gasteiger partial charge on any atom is -0.00788 e. The smallest absolute Gasteiger partial charge is 0.00788 e. The van der Waals surface area contributed by atoms with Crippen molar-refractivity contribution in [2.75, 3.05) is 0 Å². The van der Waals surface area contributed by atoms with Crippen LogP contribution in [-0.2, 0) is 6.42 Å². The summed E-state index contributed by atoms with van der Waals surface area (Å²) < 4.78 is 0. The van der Waals surface area contributed by atoms with Crippen LogP contribution in [0.25, 0.3) is 0 Å². The molecule has 2 atom stereocenters. The lowest BCUT2D eigenvalue weighted by atomic mass is 9.69. The molecule has 0 fully saturated rings. The molecular formula is C18H28. The predicted octanol–water partition coefficient (Wildman–Crippen LogP) is 5.42. The maximum atomic E-state index is 2.40. The van der Waals surface area contributed by atoms with E-state index in [1.807, 2.05) is 0 Å². The van der Waals surface area contributed by atoms with Gasteiger partial charge in [0.2, 0.25) is 0 Å². The molecular weight excluding hydrogens is 216 g/mol. The second-order valence-electron chi connectivity index (χ2n) is 8.27. The molecule has 100 valence electrons. The van der Waals surface area contributed by atoms with Crippen LogP contribution >= 0.6 is 0 Å². The molecule has 1 aliphatic carbocycles. The van der Waals surface area contributed by atoms with Gasteiger partial charge in [-0.3, -0.25) is 0 Å². The van der Waals surface area contributed by atoms with Crippen LogP contribution in [0.3, 0.4) is 0 Å². The van der Waals surface area contributed by atoms with Crippen molar-refractivity contribution in [1.29, 1.82) is 0 Å². The van der Waals surface area contributed by atoms with Crippen LogP contribution in [0.1, 0.15) is 65.0 Å². The summed E-state index contributed by atoms with van der Waals surface area (Å²) in [6, 6.07) is 9.08. The molecule has 0 radical (unpaired) electrons. The van der Waals surface area contributed by atoms with E-state index < -0.39 is 0 Å². The molecule has 18 heavy (non-hydrogen) atoms. The second-order valence-corrected chi connectivity index (χ2v) is 8.27. The Balaban J connectivity index is 2.35. The highest BCUT2D eigenvalue weighted by Crippen LogP contribution is 2.51. The zero-order valence-electron chi connectivity index (χ0n) is 12.9. The van der Waals surface area contributed by atoms with Crippen LogP contribution in [0.4, 0.5) is 0 Å². The lowest BCUT2D eigenvalue weighted by Gasteiger charge is -2.36. The minimum atomic E-state index is 0.364. The van der Waals surface area contributed by atoms with Gasteiger partial charge in [-0.25, -0.2) is 0 Å². The average molecular weight is 244 g/mol. The van der Waals surface area contributed by atoms with Gasteiger partial charge in [0, 0.05) is 0 Å². The molecule has 0 spiro atoms. The first-order valence-corrected chi connectivity index (χ1v) is 7.26. The summed E-state index contributed by atoms with van der Waals surface area (Å²) in [6.45, 7) is 14.3. The first-order chi connectivity index (χ1) is 8.18. The molecule has 0 aliphatic heterocycles. The summed E-state index contributed by atoms with van der Waals surface area (Å²) in [7, 11) is 0. The van der Waals surface area contributed by atoms with Crippen molar-refractivity contribution in [2.45, 2.75) is 60.3 Å². The third-order valence-electron chi connectivity index (χ3n) is 4.15. The predicted molar refractivity (Wildman–Crippen MR) is 79.9 cm³/mol. The molecule has 0 aromatic heterocycles. The standard InChI is InChI=1S/C18H28/c1-17(2,3)12-14-11-13-9-7-8-10-15(13)16(14)18(4,5)6/h7-10,14,16H,11-12H2,1-6H3. The first-order valence-electron chi connectivity index (χ1n) is 7.26. The van der Waals surface area contributed by atoms with Gasteiger partial charge in [-0.1, -0.05) is 65.8 Å². The van der Waals surface area contributed by atoms with E-state index in [9.17, 15) is 0 Å². The van der Waals surface area contributed by atoms with E-state index in [0.717, 1.165) is 5.92 Å². The molecule has 2 rings (SSSR count). The molecule has 0 nitrogen and oxygen atoms in total. The zero-order chi connectivity index (χ0) is 13.6. The van der Waals surface area contributed by atoms with E-state index in [1.165, 1.54) is 12.8 Å². The molecule has 0 amide bonds. The summed E-state index contributed by atoms with van der Waals surface area (Å²) in [5, 5.41) is 0. The quantitative estimate of drug-likeness (QED) is 0.618. The van der Waals surface area contributed by atoms with Crippen LogP contribution in [0.15, 0.2) is 24.3 Å². The number of hydrogen-bond acceptors (Lipinski definition) is 0. The third kappa shape index (κ3) is 2.79. The molecule has 0 saturated heterocycles. The van der Waals surface area contributed by atoms with Crippen LogP contribution in [0.2, 0.25) is 0 Å². The number of fused-ring (bicyclic) bond motifs is 1. The van der Waals surface area contributed by atoms with E-state index in [4.69, 9.17) is 0 Å². The molecule has 0 saturated carbocycles. The van der Waals surface area contributed by atoms with Gasteiger partial charge in [0.25, 0.3) is 0 Å². The van der Waals surface area contributed by atoms with Gasteiger partial charge in [-0.2, -0.15) is 0 Å². The lowest BCUT2D eigenvalue weighted by molar-refractivity contribution is 0.194. The van der Waals surface area contributed by atoms with Gasteiger partial charge in [0.05, 0.1) is 0 Å². The normalized spacial score (nSPS) is 24.1. The number of hydrogen-bond donors (Lipinski definition) is 0. The Bertz CT molecular complexity index is 414. The van der Waals surface area contributed by atoms with E-state index >= 15 is 0 Å². The van der Waals surface area contributed by atoms with Gasteiger partial charge in [0.15, 0.2) is 0 Å². The molecule has 0 heterocycles. The Hall–Kier alpha value is -0.780. The molecule has 0 heteroatoms. The molecule has 1 aromatic rings. The van der Waals surface area contributed by atoms with E-state index in [1.54, 1.807) is 11.1 Å². The van der Waals surface area contributed by atoms with E-state index in [2.05, 4.69) is 65.8 Å².